The van der Waals surface area contributed by atoms with Gasteiger partial charge in [0.05, 0.1) is 5.41 Å². The summed E-state index contributed by atoms with van der Waals surface area (Å²) in [5.74, 6) is 0.0965. The maximum atomic E-state index is 12.1. The third-order valence-electron chi connectivity index (χ3n) is 3.27. The van der Waals surface area contributed by atoms with Crippen LogP contribution in [0, 0.1) is 5.41 Å². The van der Waals surface area contributed by atoms with E-state index in [1.165, 1.54) is 0 Å². The van der Waals surface area contributed by atoms with Gasteiger partial charge in [-0.2, -0.15) is 11.8 Å². The first-order valence-corrected chi connectivity index (χ1v) is 7.02. The number of amides is 1. The van der Waals surface area contributed by atoms with Crippen molar-refractivity contribution in [1.29, 1.82) is 0 Å². The van der Waals surface area contributed by atoms with Crippen LogP contribution in [-0.2, 0) is 9.53 Å². The van der Waals surface area contributed by atoms with E-state index in [1.54, 1.807) is 11.8 Å². The molecule has 0 aromatic heterocycles. The standard InChI is InChI=1S/C11H22N2O2S.ClH/c1-9(16-2)7-13-10(14)11(8-12)3-5-15-6-4-11;/h9H,3-8,12H2,1-2H3,(H,13,14);1H. The molecule has 0 bridgehead atoms. The first-order valence-electron chi connectivity index (χ1n) is 5.73. The highest BCUT2D eigenvalue weighted by atomic mass is 35.5. The number of thioether (sulfide) groups is 1. The number of nitrogens with one attached hydrogen (secondary N) is 1. The monoisotopic (exact) mass is 282 g/mol. The summed E-state index contributed by atoms with van der Waals surface area (Å²) >= 11 is 1.75. The molecule has 0 radical (unpaired) electrons. The van der Waals surface area contributed by atoms with Crippen LogP contribution in [0.4, 0.5) is 0 Å². The van der Waals surface area contributed by atoms with E-state index in [0.717, 1.165) is 12.8 Å². The second-order valence-electron chi connectivity index (χ2n) is 4.35. The first-order chi connectivity index (χ1) is 7.64. The smallest absolute Gasteiger partial charge is 0.227 e. The summed E-state index contributed by atoms with van der Waals surface area (Å²) in [6.45, 7) is 4.51. The fourth-order valence-electron chi connectivity index (χ4n) is 1.79. The van der Waals surface area contributed by atoms with Crippen molar-refractivity contribution < 1.29 is 9.53 Å². The van der Waals surface area contributed by atoms with Crippen molar-refractivity contribution in [3.63, 3.8) is 0 Å². The van der Waals surface area contributed by atoms with Gasteiger partial charge in [0.2, 0.25) is 5.91 Å². The molecule has 1 atom stereocenters. The lowest BCUT2D eigenvalue weighted by molar-refractivity contribution is -0.135. The Balaban J connectivity index is 0.00000256. The number of hydrogen-bond donors (Lipinski definition) is 2. The highest BCUT2D eigenvalue weighted by molar-refractivity contribution is 7.99. The molecule has 17 heavy (non-hydrogen) atoms. The predicted molar refractivity (Wildman–Crippen MR) is 74.8 cm³/mol. The van der Waals surface area contributed by atoms with Gasteiger partial charge in [0.15, 0.2) is 0 Å². The quantitative estimate of drug-likeness (QED) is 0.791. The molecule has 0 aliphatic carbocycles. The van der Waals surface area contributed by atoms with Crippen LogP contribution < -0.4 is 11.1 Å². The second kappa shape index (κ2) is 8.19. The summed E-state index contributed by atoms with van der Waals surface area (Å²) in [5, 5.41) is 3.44. The summed E-state index contributed by atoms with van der Waals surface area (Å²) in [7, 11) is 0. The fourth-order valence-corrected chi connectivity index (χ4v) is 2.04. The van der Waals surface area contributed by atoms with Crippen LogP contribution in [-0.4, -0.2) is 43.7 Å². The van der Waals surface area contributed by atoms with Gasteiger partial charge in [-0.1, -0.05) is 6.92 Å². The molecule has 0 saturated carbocycles. The third-order valence-corrected chi connectivity index (χ3v) is 4.25. The van der Waals surface area contributed by atoms with Gasteiger partial charge in [0.1, 0.15) is 0 Å². The summed E-state index contributed by atoms with van der Waals surface area (Å²) in [6.07, 6.45) is 3.52. The highest BCUT2D eigenvalue weighted by Crippen LogP contribution is 2.29. The first kappa shape index (κ1) is 17.0. The maximum absolute atomic E-state index is 12.1. The Labute approximate surface area is 114 Å². The van der Waals surface area contributed by atoms with Crippen molar-refractivity contribution in [2.45, 2.75) is 25.0 Å². The number of carbonyl (C=O) groups is 1. The molecule has 1 heterocycles. The molecule has 0 aromatic rings. The van der Waals surface area contributed by atoms with E-state index < -0.39 is 5.41 Å². The summed E-state index contributed by atoms with van der Waals surface area (Å²) in [5.41, 5.74) is 5.36. The van der Waals surface area contributed by atoms with Crippen molar-refractivity contribution in [3.05, 3.63) is 0 Å². The molecule has 0 spiro atoms. The summed E-state index contributed by atoms with van der Waals surface area (Å²) in [6, 6.07) is 0. The minimum absolute atomic E-state index is 0. The molecule has 1 fully saturated rings. The number of nitrogens with two attached hydrogens (primary N) is 1. The molecular formula is C11H23ClN2O2S. The predicted octanol–water partition coefficient (Wildman–Crippen LogP) is 1.03. The van der Waals surface area contributed by atoms with Crippen LogP contribution >= 0.6 is 24.2 Å². The van der Waals surface area contributed by atoms with E-state index in [4.69, 9.17) is 10.5 Å². The Morgan fingerprint density at radius 3 is 2.59 bits per heavy atom. The van der Waals surface area contributed by atoms with Gasteiger partial charge in [-0.25, -0.2) is 0 Å². The van der Waals surface area contributed by atoms with Crippen LogP contribution in [0.1, 0.15) is 19.8 Å². The Morgan fingerprint density at radius 1 is 1.53 bits per heavy atom. The molecule has 3 N–H and O–H groups in total. The van der Waals surface area contributed by atoms with E-state index in [1.807, 2.05) is 6.26 Å². The SMILES string of the molecule is CSC(C)CNC(=O)C1(CN)CCOCC1.Cl. The summed E-state index contributed by atoms with van der Waals surface area (Å²) < 4.78 is 5.28. The normalized spacial score (nSPS) is 20.2. The topological polar surface area (TPSA) is 64.4 Å². The van der Waals surface area contributed by atoms with E-state index in [0.29, 0.717) is 31.6 Å². The summed E-state index contributed by atoms with van der Waals surface area (Å²) in [4.78, 5) is 12.1. The zero-order chi connectivity index (χ0) is 12.0. The van der Waals surface area contributed by atoms with Gasteiger partial charge in [-0.15, -0.1) is 12.4 Å². The molecule has 6 heteroatoms. The molecule has 1 aliphatic rings. The maximum Gasteiger partial charge on any atom is 0.227 e. The molecule has 1 amide bonds. The van der Waals surface area contributed by atoms with Gasteiger partial charge < -0.3 is 15.8 Å². The van der Waals surface area contributed by atoms with Crippen molar-refractivity contribution in [1.82, 2.24) is 5.32 Å². The molecular weight excluding hydrogens is 260 g/mol. The Bertz CT molecular complexity index is 236. The largest absolute Gasteiger partial charge is 0.381 e. The number of ether oxygens (including phenoxy) is 1. The molecule has 0 aromatic carbocycles. The number of carbonyl (C=O) groups excluding carboxylic acids is 1. The van der Waals surface area contributed by atoms with E-state index >= 15 is 0 Å². The lowest BCUT2D eigenvalue weighted by Gasteiger charge is -2.34. The Kier molecular flexibility index (Phi) is 8.20. The van der Waals surface area contributed by atoms with Crippen molar-refractivity contribution in [2.24, 2.45) is 11.1 Å². The molecule has 4 nitrogen and oxygen atoms in total. The number of hydrogen-bond acceptors (Lipinski definition) is 4. The zero-order valence-corrected chi connectivity index (χ0v) is 12.2. The van der Waals surface area contributed by atoms with Gasteiger partial charge in [-0.05, 0) is 19.1 Å². The van der Waals surface area contributed by atoms with Crippen LogP contribution in [0.3, 0.4) is 0 Å². The molecule has 1 unspecified atom stereocenters. The molecule has 1 aliphatic heterocycles. The highest BCUT2D eigenvalue weighted by Gasteiger charge is 2.38. The van der Waals surface area contributed by atoms with E-state index in [2.05, 4.69) is 12.2 Å². The Hall–Kier alpha value is 0.0300. The lowest BCUT2D eigenvalue weighted by Crippen LogP contribution is -2.50. The van der Waals surface area contributed by atoms with Gasteiger partial charge >= 0.3 is 0 Å². The molecule has 1 saturated heterocycles. The van der Waals surface area contributed by atoms with E-state index in [-0.39, 0.29) is 18.3 Å². The number of halogens is 1. The van der Waals surface area contributed by atoms with Crippen LogP contribution in [0.25, 0.3) is 0 Å². The van der Waals surface area contributed by atoms with Crippen LogP contribution in [0.2, 0.25) is 0 Å². The molecule has 1 rings (SSSR count). The average Bonchev–Trinajstić information content (AvgIpc) is 2.36. The third kappa shape index (κ3) is 4.66. The van der Waals surface area contributed by atoms with Crippen molar-refractivity contribution >= 4 is 30.1 Å². The number of rotatable bonds is 5. The average molecular weight is 283 g/mol. The minimum Gasteiger partial charge on any atom is -0.381 e. The van der Waals surface area contributed by atoms with Crippen molar-refractivity contribution in [2.75, 3.05) is 32.6 Å². The zero-order valence-electron chi connectivity index (χ0n) is 10.5. The minimum atomic E-state index is -0.392. The second-order valence-corrected chi connectivity index (χ2v) is 5.63. The van der Waals surface area contributed by atoms with Crippen LogP contribution in [0.15, 0.2) is 0 Å². The van der Waals surface area contributed by atoms with E-state index in [9.17, 15) is 4.79 Å². The Morgan fingerprint density at radius 2 is 2.12 bits per heavy atom. The molecule has 102 valence electrons. The lowest BCUT2D eigenvalue weighted by atomic mass is 9.79. The van der Waals surface area contributed by atoms with Gasteiger partial charge in [0, 0.05) is 31.6 Å². The van der Waals surface area contributed by atoms with Crippen LogP contribution in [0.5, 0.6) is 0 Å². The van der Waals surface area contributed by atoms with Gasteiger partial charge in [0.25, 0.3) is 0 Å². The van der Waals surface area contributed by atoms with Crippen molar-refractivity contribution in [3.8, 4) is 0 Å². The fraction of sp³-hybridized carbons (Fsp3) is 0.909. The van der Waals surface area contributed by atoms with Gasteiger partial charge in [-0.3, -0.25) is 4.79 Å².